The predicted octanol–water partition coefficient (Wildman–Crippen LogP) is -0.231. The van der Waals surface area contributed by atoms with Crippen molar-refractivity contribution in [3.8, 4) is 0 Å². The summed E-state index contributed by atoms with van der Waals surface area (Å²) < 4.78 is 16.0. The zero-order valence-corrected chi connectivity index (χ0v) is 10.3. The second-order valence-corrected chi connectivity index (χ2v) is 3.19. The minimum Gasteiger partial charge on any atom is -0.770 e. The molecule has 0 saturated carbocycles. The van der Waals surface area contributed by atoms with E-state index in [4.69, 9.17) is 14.2 Å². The van der Waals surface area contributed by atoms with Gasteiger partial charge in [0.1, 0.15) is 0 Å². The molecule has 17 heavy (non-hydrogen) atoms. The maximum Gasteiger partial charge on any atom is 0.394 e. The number of carbonyl (C=O) groups excluding carboxylic acids is 1. The van der Waals surface area contributed by atoms with E-state index in [-0.39, 0.29) is 26.4 Å². The van der Waals surface area contributed by atoms with Gasteiger partial charge in [0.05, 0.1) is 26.4 Å². The first-order valence-corrected chi connectivity index (χ1v) is 5.55. The van der Waals surface area contributed by atoms with Crippen molar-refractivity contribution < 1.29 is 19.0 Å². The molecule has 8 heteroatoms. The molecule has 0 aromatic carbocycles. The Balaban J connectivity index is 2.89. The van der Waals surface area contributed by atoms with Crippen molar-refractivity contribution in [3.05, 3.63) is 5.21 Å². The molecule has 1 aliphatic rings. The van der Waals surface area contributed by atoms with E-state index in [2.05, 4.69) is 5.53 Å². The minimum atomic E-state index is -1.69. The largest absolute Gasteiger partial charge is 0.770 e. The molecule has 0 unspecified atom stereocenters. The van der Waals surface area contributed by atoms with Gasteiger partial charge in [-0.3, -0.25) is 9.97 Å². The summed E-state index contributed by atoms with van der Waals surface area (Å²) in [7, 11) is 0. The number of hydrogen-bond acceptors (Lipinski definition) is 7. The summed E-state index contributed by atoms with van der Waals surface area (Å²) in [5, 5.41) is 12.4. The maximum absolute atomic E-state index is 11.6. The molecule has 0 atom stereocenters. The van der Waals surface area contributed by atoms with Gasteiger partial charge in [-0.1, -0.05) is 0 Å². The number of hydroxylamine groups is 1. The summed E-state index contributed by atoms with van der Waals surface area (Å²) in [6, 6.07) is 0. The Morgan fingerprint density at radius 1 is 1.24 bits per heavy atom. The molecular formula is C9H18N3O5-. The Labute approximate surface area is 99.9 Å². The molecular weight excluding hydrogens is 230 g/mol. The summed E-state index contributed by atoms with van der Waals surface area (Å²) in [5.41, 5.74) is 2.29. The van der Waals surface area contributed by atoms with Crippen LogP contribution < -0.4 is 5.53 Å². The number of carbonyl (C=O) groups is 1. The number of nitrogens with one attached hydrogen (secondary N) is 1. The highest BCUT2D eigenvalue weighted by molar-refractivity contribution is 5.79. The molecule has 1 N–H and O–H groups in total. The molecule has 0 aromatic rings. The van der Waals surface area contributed by atoms with E-state index < -0.39 is 12.0 Å². The predicted molar refractivity (Wildman–Crippen MR) is 57.7 cm³/mol. The second kappa shape index (κ2) is 6.24. The van der Waals surface area contributed by atoms with Crippen LogP contribution in [0.2, 0.25) is 0 Å². The second-order valence-electron chi connectivity index (χ2n) is 3.19. The van der Waals surface area contributed by atoms with E-state index in [1.807, 2.05) is 0 Å². The normalized spacial score (nSPS) is 18.1. The van der Waals surface area contributed by atoms with Gasteiger partial charge in [-0.25, -0.2) is 0 Å². The fourth-order valence-electron chi connectivity index (χ4n) is 1.48. The van der Waals surface area contributed by atoms with Crippen molar-refractivity contribution in [2.75, 3.05) is 26.4 Å². The lowest BCUT2D eigenvalue weighted by Crippen LogP contribution is -2.60. The topological polar surface area (TPSA) is 86.3 Å². The monoisotopic (exact) mass is 248 g/mol. The maximum atomic E-state index is 11.6. The Hall–Kier alpha value is -0.770. The average molecular weight is 248 g/mol. The van der Waals surface area contributed by atoms with Crippen LogP contribution in [0, 0.1) is 5.21 Å². The summed E-state index contributed by atoms with van der Waals surface area (Å²) in [6.45, 7) is 5.71. The number of hydrazine groups is 2. The average Bonchev–Trinajstić information content (AvgIpc) is 2.59. The lowest BCUT2D eigenvalue weighted by Gasteiger charge is -2.38. The molecule has 8 nitrogen and oxygen atoms in total. The van der Waals surface area contributed by atoms with Gasteiger partial charge in [0.25, 0.3) is 5.91 Å². The quantitative estimate of drug-likeness (QED) is 0.623. The lowest BCUT2D eigenvalue weighted by molar-refractivity contribution is -0.443. The van der Waals surface area contributed by atoms with Crippen molar-refractivity contribution in [2.24, 2.45) is 0 Å². The fourth-order valence-corrected chi connectivity index (χ4v) is 1.48. The van der Waals surface area contributed by atoms with Gasteiger partial charge >= 0.3 is 6.10 Å². The van der Waals surface area contributed by atoms with Crippen LogP contribution in [0.5, 0.6) is 0 Å². The Bertz CT molecular complexity index is 246. The SMILES string of the molecule is CCOC(OCC)(OCC)N1NN([O-])CC1=O. The molecule has 1 aliphatic heterocycles. The zero-order chi connectivity index (χ0) is 12.9. The molecule has 1 rings (SSSR count). The van der Waals surface area contributed by atoms with Crippen LogP contribution in [-0.4, -0.2) is 48.6 Å². The van der Waals surface area contributed by atoms with Gasteiger partial charge in [0.2, 0.25) is 0 Å². The van der Waals surface area contributed by atoms with E-state index in [1.54, 1.807) is 20.8 Å². The summed E-state index contributed by atoms with van der Waals surface area (Å²) in [6.07, 6.45) is -1.69. The van der Waals surface area contributed by atoms with Crippen molar-refractivity contribution in [2.45, 2.75) is 26.9 Å². The van der Waals surface area contributed by atoms with Gasteiger partial charge in [-0.05, 0) is 20.8 Å². The number of amides is 1. The van der Waals surface area contributed by atoms with Gasteiger partial charge in [-0.15, -0.1) is 0 Å². The standard InChI is InChI=1S/C9H18N3O5/c1-4-15-9(16-5-2,17-6-3)12-8(13)7-11(14)10-12/h10H,4-7H2,1-3H3/q-1. The van der Waals surface area contributed by atoms with Crippen LogP contribution in [0.25, 0.3) is 0 Å². The summed E-state index contributed by atoms with van der Waals surface area (Å²) >= 11 is 0. The van der Waals surface area contributed by atoms with Crippen molar-refractivity contribution in [1.82, 2.24) is 15.7 Å². The molecule has 1 amide bonds. The lowest BCUT2D eigenvalue weighted by atomic mass is 10.6. The number of rotatable bonds is 7. The van der Waals surface area contributed by atoms with E-state index in [1.165, 1.54) is 0 Å². The fraction of sp³-hybridized carbons (Fsp3) is 0.889. The molecule has 0 aliphatic carbocycles. The summed E-state index contributed by atoms with van der Waals surface area (Å²) in [4.78, 5) is 11.6. The Morgan fingerprint density at radius 3 is 2.00 bits per heavy atom. The molecule has 1 fully saturated rings. The third-order valence-corrected chi connectivity index (χ3v) is 1.99. The number of ether oxygens (including phenoxy) is 3. The number of hydrogen-bond donors (Lipinski definition) is 1. The highest BCUT2D eigenvalue weighted by Gasteiger charge is 2.46. The molecule has 1 saturated heterocycles. The molecule has 0 radical (unpaired) electrons. The van der Waals surface area contributed by atoms with Crippen molar-refractivity contribution >= 4 is 5.91 Å². The minimum absolute atomic E-state index is 0.268. The molecule has 100 valence electrons. The smallest absolute Gasteiger partial charge is 0.394 e. The highest BCUT2D eigenvalue weighted by Crippen LogP contribution is 2.22. The Morgan fingerprint density at radius 2 is 1.71 bits per heavy atom. The van der Waals surface area contributed by atoms with Gasteiger partial charge in [0, 0.05) is 0 Å². The van der Waals surface area contributed by atoms with Gasteiger partial charge in [0.15, 0.2) is 0 Å². The van der Waals surface area contributed by atoms with E-state index in [0.717, 1.165) is 5.01 Å². The highest BCUT2D eigenvalue weighted by atomic mass is 16.9. The molecule has 1 heterocycles. The van der Waals surface area contributed by atoms with E-state index in [9.17, 15) is 10.0 Å². The third kappa shape index (κ3) is 3.12. The molecule has 0 spiro atoms. The van der Waals surface area contributed by atoms with Crippen LogP contribution in [-0.2, 0) is 19.0 Å². The first-order chi connectivity index (χ1) is 8.09. The third-order valence-electron chi connectivity index (χ3n) is 1.99. The van der Waals surface area contributed by atoms with Crippen LogP contribution in [0.15, 0.2) is 0 Å². The van der Waals surface area contributed by atoms with Crippen LogP contribution in [0.3, 0.4) is 0 Å². The zero-order valence-electron chi connectivity index (χ0n) is 10.3. The van der Waals surface area contributed by atoms with Crippen LogP contribution >= 0.6 is 0 Å². The molecule has 0 aromatic heterocycles. The first kappa shape index (κ1) is 14.3. The Kier molecular flexibility index (Phi) is 5.25. The van der Waals surface area contributed by atoms with Crippen molar-refractivity contribution in [3.63, 3.8) is 0 Å². The first-order valence-electron chi connectivity index (χ1n) is 5.55. The summed E-state index contributed by atoms with van der Waals surface area (Å²) in [5.74, 6) is -0.477. The van der Waals surface area contributed by atoms with Crippen LogP contribution in [0.1, 0.15) is 20.8 Å². The van der Waals surface area contributed by atoms with Gasteiger partial charge in [-0.2, -0.15) is 10.5 Å². The van der Waals surface area contributed by atoms with Gasteiger partial charge < -0.3 is 19.4 Å². The van der Waals surface area contributed by atoms with E-state index in [0.29, 0.717) is 5.17 Å². The number of nitrogens with zero attached hydrogens (tertiary/aromatic N) is 2. The molecule has 0 bridgehead atoms. The van der Waals surface area contributed by atoms with E-state index >= 15 is 0 Å². The van der Waals surface area contributed by atoms with Crippen LogP contribution in [0.4, 0.5) is 0 Å². The van der Waals surface area contributed by atoms with Crippen molar-refractivity contribution in [1.29, 1.82) is 0 Å².